The Kier molecular flexibility index (Phi) is 6.40. The molecule has 1 heterocycles. The van der Waals surface area contributed by atoms with Crippen LogP contribution < -0.4 is 4.90 Å². The summed E-state index contributed by atoms with van der Waals surface area (Å²) in [6.45, 7) is 0.785. The monoisotopic (exact) mass is 402 g/mol. The van der Waals surface area contributed by atoms with Gasteiger partial charge < -0.3 is 9.15 Å². The summed E-state index contributed by atoms with van der Waals surface area (Å²) in [5, 5.41) is 8.98. The first kappa shape index (κ1) is 20.6. The molecule has 7 heteroatoms. The highest BCUT2D eigenvalue weighted by atomic mass is 16.5. The third-order valence-corrected chi connectivity index (χ3v) is 4.31. The largest absolute Gasteiger partial charge is 0.450 e. The zero-order valence-electron chi connectivity index (χ0n) is 16.2. The summed E-state index contributed by atoms with van der Waals surface area (Å²) >= 11 is 0. The third kappa shape index (κ3) is 4.80. The molecule has 0 atom stereocenters. The Hall–Kier alpha value is -4.18. The van der Waals surface area contributed by atoms with E-state index in [9.17, 15) is 14.4 Å². The van der Waals surface area contributed by atoms with Crippen LogP contribution in [0.5, 0.6) is 0 Å². The number of benzene rings is 2. The number of hydrogen-bond acceptors (Lipinski definition) is 6. The molecule has 0 saturated carbocycles. The number of anilines is 1. The van der Waals surface area contributed by atoms with Crippen LogP contribution in [0.2, 0.25) is 0 Å². The van der Waals surface area contributed by atoms with Crippen LogP contribution in [0.4, 0.5) is 5.69 Å². The maximum absolute atomic E-state index is 12.4. The lowest BCUT2D eigenvalue weighted by Gasteiger charge is -2.19. The van der Waals surface area contributed by atoms with Gasteiger partial charge in [-0.2, -0.15) is 5.26 Å². The van der Waals surface area contributed by atoms with Crippen LogP contribution in [0, 0.1) is 11.3 Å². The fraction of sp³-hybridized carbons (Fsp3) is 0.130. The van der Waals surface area contributed by atoms with Crippen LogP contribution in [0.25, 0.3) is 11.3 Å². The molecule has 1 aromatic heterocycles. The van der Waals surface area contributed by atoms with Gasteiger partial charge in [0.05, 0.1) is 6.07 Å². The van der Waals surface area contributed by atoms with Gasteiger partial charge >= 0.3 is 5.97 Å². The molecular weight excluding hydrogens is 384 g/mol. The minimum absolute atomic E-state index is 0.0455. The number of ketones is 1. The minimum atomic E-state index is -0.792. The molecule has 0 unspecified atom stereocenters. The van der Waals surface area contributed by atoms with Crippen LogP contribution >= 0.6 is 0 Å². The average molecular weight is 402 g/mol. The molecule has 0 aliphatic heterocycles. The van der Waals surface area contributed by atoms with E-state index in [0.717, 1.165) is 0 Å². The van der Waals surface area contributed by atoms with Gasteiger partial charge in [-0.05, 0) is 31.2 Å². The van der Waals surface area contributed by atoms with Crippen LogP contribution in [0.15, 0.2) is 71.1 Å². The highest BCUT2D eigenvalue weighted by molar-refractivity contribution is 5.97. The summed E-state index contributed by atoms with van der Waals surface area (Å²) in [4.78, 5) is 37.3. The van der Waals surface area contributed by atoms with Gasteiger partial charge in [0, 0.05) is 16.8 Å². The number of esters is 1. The number of ether oxygens (including phenoxy) is 1. The van der Waals surface area contributed by atoms with Crippen molar-refractivity contribution < 1.29 is 23.5 Å². The van der Waals surface area contributed by atoms with Gasteiger partial charge in [0.25, 0.3) is 5.91 Å². The van der Waals surface area contributed by atoms with Crippen molar-refractivity contribution in [3.63, 3.8) is 0 Å². The molecule has 0 aliphatic rings. The van der Waals surface area contributed by atoms with Crippen molar-refractivity contribution in [2.45, 2.75) is 6.92 Å². The summed E-state index contributed by atoms with van der Waals surface area (Å²) < 4.78 is 10.6. The second-order valence-electron chi connectivity index (χ2n) is 6.35. The van der Waals surface area contributed by atoms with E-state index in [-0.39, 0.29) is 18.1 Å². The molecule has 0 spiro atoms. The van der Waals surface area contributed by atoms with Gasteiger partial charge in [-0.15, -0.1) is 0 Å². The molecule has 3 rings (SSSR count). The fourth-order valence-corrected chi connectivity index (χ4v) is 2.75. The normalized spacial score (nSPS) is 10.1. The lowest BCUT2D eigenvalue weighted by Crippen LogP contribution is -2.35. The van der Waals surface area contributed by atoms with Crippen molar-refractivity contribution >= 4 is 23.3 Å². The van der Waals surface area contributed by atoms with E-state index >= 15 is 0 Å². The predicted octanol–water partition coefficient (Wildman–Crippen LogP) is 3.86. The number of rotatable bonds is 7. The van der Waals surface area contributed by atoms with E-state index in [1.165, 1.54) is 17.9 Å². The number of hydrogen-bond donors (Lipinski definition) is 0. The molecule has 0 radical (unpaired) electrons. The van der Waals surface area contributed by atoms with Gasteiger partial charge in [-0.1, -0.05) is 42.5 Å². The molecule has 0 bridgehead atoms. The van der Waals surface area contributed by atoms with Gasteiger partial charge in [-0.25, -0.2) is 4.79 Å². The topological polar surface area (TPSA) is 101 Å². The average Bonchev–Trinajstić information content (AvgIpc) is 3.26. The molecular formula is C23H18N2O5. The van der Waals surface area contributed by atoms with Gasteiger partial charge in [0.2, 0.25) is 5.76 Å². The summed E-state index contributed by atoms with van der Waals surface area (Å²) in [6, 6.07) is 20.4. The van der Waals surface area contributed by atoms with Crippen molar-refractivity contribution in [2.24, 2.45) is 0 Å². The van der Waals surface area contributed by atoms with Crippen LogP contribution in [0.1, 0.15) is 27.8 Å². The van der Waals surface area contributed by atoms with Crippen LogP contribution in [0.3, 0.4) is 0 Å². The van der Waals surface area contributed by atoms with Crippen molar-refractivity contribution in [3.8, 4) is 17.4 Å². The van der Waals surface area contributed by atoms with E-state index in [4.69, 9.17) is 14.4 Å². The van der Waals surface area contributed by atoms with Crippen LogP contribution in [-0.4, -0.2) is 30.8 Å². The number of carbonyl (C=O) groups excluding carboxylic acids is 3. The molecule has 0 N–H and O–H groups in total. The fourth-order valence-electron chi connectivity index (χ4n) is 2.75. The Morgan fingerprint density at radius 2 is 1.70 bits per heavy atom. The minimum Gasteiger partial charge on any atom is -0.450 e. The maximum atomic E-state index is 12.4. The Morgan fingerprint density at radius 3 is 2.33 bits per heavy atom. The maximum Gasteiger partial charge on any atom is 0.374 e. The zero-order chi connectivity index (χ0) is 21.5. The summed E-state index contributed by atoms with van der Waals surface area (Å²) in [5.41, 5.74) is 1.80. The molecule has 7 nitrogen and oxygen atoms in total. The third-order valence-electron chi connectivity index (χ3n) is 4.31. The highest BCUT2D eigenvalue weighted by Gasteiger charge is 2.20. The number of nitriles is 1. The summed E-state index contributed by atoms with van der Waals surface area (Å²) in [6.07, 6.45) is 0. The molecule has 3 aromatic rings. The Morgan fingerprint density at radius 1 is 1.00 bits per heavy atom. The lowest BCUT2D eigenvalue weighted by molar-refractivity contribution is -0.121. The quantitative estimate of drug-likeness (QED) is 0.338. The first-order chi connectivity index (χ1) is 14.5. The standard InChI is InChI=1S/C23H18N2O5/c1-16(26)17-7-9-18(10-8-17)20-11-12-21(30-20)23(28)29-15-22(27)25(14-13-24)19-5-3-2-4-6-19/h2-12H,14-15H2,1H3. The Balaban J connectivity index is 1.64. The molecule has 0 fully saturated rings. The lowest BCUT2D eigenvalue weighted by atomic mass is 10.1. The van der Waals surface area contributed by atoms with Crippen LogP contribution in [-0.2, 0) is 9.53 Å². The van der Waals surface area contributed by atoms with E-state index in [2.05, 4.69) is 0 Å². The van der Waals surface area contributed by atoms with Gasteiger partial charge in [0.15, 0.2) is 12.4 Å². The van der Waals surface area contributed by atoms with Crippen molar-refractivity contribution in [2.75, 3.05) is 18.1 Å². The van der Waals surface area contributed by atoms with Gasteiger partial charge in [-0.3, -0.25) is 14.5 Å². The second kappa shape index (κ2) is 9.34. The molecule has 2 aromatic carbocycles. The second-order valence-corrected chi connectivity index (χ2v) is 6.35. The van der Waals surface area contributed by atoms with Crippen molar-refractivity contribution in [1.29, 1.82) is 5.26 Å². The first-order valence-corrected chi connectivity index (χ1v) is 9.10. The molecule has 0 aliphatic carbocycles. The molecule has 150 valence electrons. The summed E-state index contributed by atoms with van der Waals surface area (Å²) in [5.74, 6) is -0.989. The van der Waals surface area contributed by atoms with Crippen molar-refractivity contribution in [3.05, 3.63) is 78.1 Å². The predicted molar refractivity (Wildman–Crippen MR) is 109 cm³/mol. The Labute approximate surface area is 173 Å². The summed E-state index contributed by atoms with van der Waals surface area (Å²) in [7, 11) is 0. The van der Waals surface area contributed by atoms with E-state index < -0.39 is 18.5 Å². The number of furan rings is 1. The SMILES string of the molecule is CC(=O)c1ccc(-c2ccc(C(=O)OCC(=O)N(CC#N)c3ccccc3)o2)cc1. The smallest absolute Gasteiger partial charge is 0.374 e. The number of carbonyl (C=O) groups is 3. The van der Waals surface area contributed by atoms with Gasteiger partial charge in [0.1, 0.15) is 12.3 Å². The van der Waals surface area contributed by atoms with E-state index in [1.807, 2.05) is 6.07 Å². The highest BCUT2D eigenvalue weighted by Crippen LogP contribution is 2.23. The van der Waals surface area contributed by atoms with E-state index in [1.54, 1.807) is 60.7 Å². The number of amides is 1. The number of para-hydroxylation sites is 1. The first-order valence-electron chi connectivity index (χ1n) is 9.10. The molecule has 1 amide bonds. The Bertz CT molecular complexity index is 1090. The van der Waals surface area contributed by atoms with E-state index in [0.29, 0.717) is 22.6 Å². The van der Waals surface area contributed by atoms with Crippen molar-refractivity contribution in [1.82, 2.24) is 0 Å². The zero-order valence-corrected chi connectivity index (χ0v) is 16.2. The molecule has 30 heavy (non-hydrogen) atoms. The number of Topliss-reactive ketones (excluding diaryl/α,β-unsaturated/α-hetero) is 1. The number of nitrogens with zero attached hydrogens (tertiary/aromatic N) is 2. The molecule has 0 saturated heterocycles.